The second kappa shape index (κ2) is 5.97. The van der Waals surface area contributed by atoms with E-state index in [0.29, 0.717) is 22.8 Å². The van der Waals surface area contributed by atoms with Gasteiger partial charge in [0, 0.05) is 16.8 Å². The molecule has 1 unspecified atom stereocenters. The number of hydrogen-bond donors (Lipinski definition) is 3. The Morgan fingerprint density at radius 1 is 1.37 bits per heavy atom. The van der Waals surface area contributed by atoms with Crippen LogP contribution in [0.25, 0.3) is 0 Å². The van der Waals surface area contributed by atoms with Crippen LogP contribution < -0.4 is 17.0 Å². The molecule has 0 bridgehead atoms. The number of nitrogens with one attached hydrogen (secondary N) is 1. The Morgan fingerprint density at radius 2 is 2.16 bits per heavy atom. The summed E-state index contributed by atoms with van der Waals surface area (Å²) in [5.74, 6) is 5.51. The molecule has 0 aliphatic carbocycles. The van der Waals surface area contributed by atoms with Crippen molar-refractivity contribution < 1.29 is 4.39 Å². The van der Waals surface area contributed by atoms with Gasteiger partial charge in [-0.15, -0.1) is 0 Å². The van der Waals surface area contributed by atoms with E-state index < -0.39 is 11.9 Å². The molecule has 0 aliphatic rings. The Morgan fingerprint density at radius 3 is 2.79 bits per heavy atom. The number of pyridine rings is 1. The molecular weight excluding hydrogens is 267 g/mol. The van der Waals surface area contributed by atoms with E-state index in [2.05, 4.69) is 10.4 Å². The molecule has 0 radical (unpaired) electrons. The van der Waals surface area contributed by atoms with E-state index in [-0.39, 0.29) is 0 Å². The maximum absolute atomic E-state index is 13.9. The van der Waals surface area contributed by atoms with Crippen LogP contribution in [0.2, 0.25) is 5.02 Å². The zero-order valence-corrected chi connectivity index (χ0v) is 10.9. The van der Waals surface area contributed by atoms with Crippen LogP contribution in [-0.2, 0) is 6.42 Å². The first-order chi connectivity index (χ1) is 9.11. The zero-order valence-electron chi connectivity index (χ0n) is 10.1. The predicted octanol–water partition coefficient (Wildman–Crippen LogP) is 2.20. The lowest BCUT2D eigenvalue weighted by Gasteiger charge is -2.18. The third-order valence-corrected chi connectivity index (χ3v) is 3.12. The van der Waals surface area contributed by atoms with E-state index in [0.717, 1.165) is 5.56 Å². The minimum atomic E-state index is -0.405. The number of hydrazine groups is 1. The van der Waals surface area contributed by atoms with E-state index in [1.54, 1.807) is 24.4 Å². The number of nitrogens with two attached hydrogens (primary N) is 2. The molecule has 0 saturated heterocycles. The first-order valence-electron chi connectivity index (χ1n) is 5.72. The van der Waals surface area contributed by atoms with Gasteiger partial charge in [-0.05, 0) is 30.2 Å². The zero-order chi connectivity index (χ0) is 13.8. The first kappa shape index (κ1) is 13.7. The lowest BCUT2D eigenvalue weighted by atomic mass is 9.99. The lowest BCUT2D eigenvalue weighted by molar-refractivity contribution is 0.510. The highest BCUT2D eigenvalue weighted by atomic mass is 35.5. The van der Waals surface area contributed by atoms with Crippen LogP contribution in [0.5, 0.6) is 0 Å². The van der Waals surface area contributed by atoms with E-state index in [1.165, 1.54) is 6.07 Å². The van der Waals surface area contributed by atoms with Crippen molar-refractivity contribution in [1.82, 2.24) is 10.4 Å². The van der Waals surface area contributed by atoms with Crippen LogP contribution in [0.15, 0.2) is 36.5 Å². The molecule has 0 saturated carbocycles. The number of anilines is 1. The highest BCUT2D eigenvalue weighted by molar-refractivity contribution is 6.30. The molecule has 19 heavy (non-hydrogen) atoms. The number of hydrogen-bond acceptors (Lipinski definition) is 4. The summed E-state index contributed by atoms with van der Waals surface area (Å²) in [6.45, 7) is 0. The highest BCUT2D eigenvalue weighted by Crippen LogP contribution is 2.24. The first-order valence-corrected chi connectivity index (χ1v) is 6.10. The molecule has 1 aromatic carbocycles. The van der Waals surface area contributed by atoms with Gasteiger partial charge in [0.1, 0.15) is 11.6 Å². The normalized spacial score (nSPS) is 12.4. The van der Waals surface area contributed by atoms with Crippen LogP contribution in [0.3, 0.4) is 0 Å². The Kier molecular flexibility index (Phi) is 4.31. The fourth-order valence-electron chi connectivity index (χ4n) is 1.89. The Bertz CT molecular complexity index is 576. The average Bonchev–Trinajstić information content (AvgIpc) is 2.39. The summed E-state index contributed by atoms with van der Waals surface area (Å²) >= 11 is 5.73. The van der Waals surface area contributed by atoms with Gasteiger partial charge in [-0.3, -0.25) is 11.3 Å². The fraction of sp³-hybridized carbons (Fsp3) is 0.154. The van der Waals surface area contributed by atoms with E-state index >= 15 is 0 Å². The third kappa shape index (κ3) is 3.20. The molecule has 1 heterocycles. The lowest BCUT2D eigenvalue weighted by Crippen LogP contribution is -2.30. The van der Waals surface area contributed by atoms with Gasteiger partial charge in [0.25, 0.3) is 0 Å². The number of nitrogens with zero attached hydrogens (tertiary/aromatic N) is 1. The van der Waals surface area contributed by atoms with Gasteiger partial charge in [-0.1, -0.05) is 23.7 Å². The van der Waals surface area contributed by atoms with Gasteiger partial charge in [-0.2, -0.15) is 0 Å². The quantitative estimate of drug-likeness (QED) is 0.593. The molecule has 6 heteroatoms. The minimum absolute atomic E-state index is 0.345. The van der Waals surface area contributed by atoms with Crippen molar-refractivity contribution in [2.24, 2.45) is 5.84 Å². The SMILES string of the molecule is NNC(Cc1cccnc1N)c1ccc(Cl)cc1F. The van der Waals surface area contributed by atoms with E-state index in [1.807, 2.05) is 6.07 Å². The topological polar surface area (TPSA) is 77.0 Å². The summed E-state index contributed by atoms with van der Waals surface area (Å²) in [7, 11) is 0. The van der Waals surface area contributed by atoms with Crippen molar-refractivity contribution in [2.75, 3.05) is 5.73 Å². The van der Waals surface area contributed by atoms with Crippen LogP contribution >= 0.6 is 11.6 Å². The number of halogens is 2. The highest BCUT2D eigenvalue weighted by Gasteiger charge is 2.16. The van der Waals surface area contributed by atoms with Crippen molar-refractivity contribution >= 4 is 17.4 Å². The van der Waals surface area contributed by atoms with Gasteiger partial charge in [0.2, 0.25) is 0 Å². The van der Waals surface area contributed by atoms with E-state index in [9.17, 15) is 4.39 Å². The summed E-state index contributed by atoms with van der Waals surface area (Å²) in [5.41, 5.74) is 9.60. The van der Waals surface area contributed by atoms with Crippen molar-refractivity contribution in [3.8, 4) is 0 Å². The standard InChI is InChI=1S/C13H14ClFN4/c14-9-3-4-10(11(15)7-9)12(19-17)6-8-2-1-5-18-13(8)16/h1-5,7,12,19H,6,17H2,(H2,16,18). The smallest absolute Gasteiger partial charge is 0.129 e. The molecular formula is C13H14ClFN4. The van der Waals surface area contributed by atoms with Gasteiger partial charge < -0.3 is 5.73 Å². The molecule has 100 valence electrons. The molecule has 1 aromatic heterocycles. The number of rotatable bonds is 4. The summed E-state index contributed by atoms with van der Waals surface area (Å²) < 4.78 is 13.9. The van der Waals surface area contributed by atoms with Crippen molar-refractivity contribution in [2.45, 2.75) is 12.5 Å². The van der Waals surface area contributed by atoms with Gasteiger partial charge in [0.15, 0.2) is 0 Å². The average molecular weight is 281 g/mol. The summed E-state index contributed by atoms with van der Waals surface area (Å²) in [6.07, 6.45) is 2.04. The Hall–Kier alpha value is -1.69. The van der Waals surface area contributed by atoms with Crippen molar-refractivity contribution in [3.63, 3.8) is 0 Å². The molecule has 0 fully saturated rings. The maximum Gasteiger partial charge on any atom is 0.129 e. The van der Waals surface area contributed by atoms with Gasteiger partial charge in [-0.25, -0.2) is 9.37 Å². The molecule has 0 aliphatic heterocycles. The third-order valence-electron chi connectivity index (χ3n) is 2.89. The van der Waals surface area contributed by atoms with Crippen LogP contribution in [0, 0.1) is 5.82 Å². The Balaban J connectivity index is 2.28. The van der Waals surface area contributed by atoms with E-state index in [4.69, 9.17) is 23.2 Å². The second-order valence-corrected chi connectivity index (χ2v) is 4.57. The molecule has 2 rings (SSSR count). The van der Waals surface area contributed by atoms with Gasteiger partial charge in [0.05, 0.1) is 6.04 Å². The number of benzene rings is 1. The molecule has 0 amide bonds. The fourth-order valence-corrected chi connectivity index (χ4v) is 2.04. The number of nitrogen functional groups attached to an aromatic ring is 1. The largest absolute Gasteiger partial charge is 0.383 e. The summed E-state index contributed by atoms with van der Waals surface area (Å²) in [6, 6.07) is 7.70. The van der Waals surface area contributed by atoms with Crippen LogP contribution in [0.4, 0.5) is 10.2 Å². The molecule has 5 N–H and O–H groups in total. The van der Waals surface area contributed by atoms with Crippen molar-refractivity contribution in [1.29, 1.82) is 0 Å². The van der Waals surface area contributed by atoms with Crippen molar-refractivity contribution in [3.05, 3.63) is 58.5 Å². The minimum Gasteiger partial charge on any atom is -0.383 e. The van der Waals surface area contributed by atoms with Gasteiger partial charge >= 0.3 is 0 Å². The van der Waals surface area contributed by atoms with Crippen LogP contribution in [-0.4, -0.2) is 4.98 Å². The summed E-state index contributed by atoms with van der Waals surface area (Å²) in [5, 5.41) is 0.345. The maximum atomic E-state index is 13.9. The summed E-state index contributed by atoms with van der Waals surface area (Å²) in [4.78, 5) is 3.99. The predicted molar refractivity (Wildman–Crippen MR) is 73.8 cm³/mol. The molecule has 0 spiro atoms. The van der Waals surface area contributed by atoms with Crippen LogP contribution in [0.1, 0.15) is 17.2 Å². The molecule has 1 atom stereocenters. The number of aromatic nitrogens is 1. The monoisotopic (exact) mass is 280 g/mol. The Labute approximate surface area is 115 Å². The molecule has 2 aromatic rings. The second-order valence-electron chi connectivity index (χ2n) is 4.14. The molecule has 4 nitrogen and oxygen atoms in total.